The molecule has 0 saturated carbocycles. The third-order valence-electron chi connectivity index (χ3n) is 1.53. The summed E-state index contributed by atoms with van der Waals surface area (Å²) in [7, 11) is 0. The molecule has 2 nitrogen and oxygen atoms in total. The number of rotatable bonds is 0. The van der Waals surface area contributed by atoms with Crippen LogP contribution in [0.3, 0.4) is 0 Å². The third-order valence-corrected chi connectivity index (χ3v) is 1.53. The number of ether oxygens (including phenoxy) is 2. The van der Waals surface area contributed by atoms with Gasteiger partial charge in [0.1, 0.15) is 0 Å². The molecule has 1 saturated heterocycles. The molecule has 0 spiro atoms. The molecule has 0 bridgehead atoms. The number of hydrogen-bond donors (Lipinski definition) is 0. The summed E-state index contributed by atoms with van der Waals surface area (Å²) in [6.45, 7) is 3.04. The summed E-state index contributed by atoms with van der Waals surface area (Å²) in [5.74, 6) is 2.06. The van der Waals surface area contributed by atoms with Gasteiger partial charge in [0, 0.05) is 0 Å². The lowest BCUT2D eigenvalue weighted by Crippen LogP contribution is -1.60. The number of epoxide rings is 1. The highest BCUT2D eigenvalue weighted by Gasteiger charge is 2.15. The summed E-state index contributed by atoms with van der Waals surface area (Å²) >= 11 is 0. The first-order chi connectivity index (χ1) is 5.36. The van der Waals surface area contributed by atoms with E-state index in [1.54, 1.807) is 0 Å². The van der Waals surface area contributed by atoms with Crippen molar-refractivity contribution in [3.8, 4) is 11.5 Å². The van der Waals surface area contributed by atoms with Crippen LogP contribution in [-0.4, -0.2) is 12.7 Å². The van der Waals surface area contributed by atoms with Gasteiger partial charge in [0.05, 0.1) is 12.7 Å². The maximum Gasteiger partial charge on any atom is 0.170 e. The van der Waals surface area contributed by atoms with E-state index >= 15 is 0 Å². The van der Waals surface area contributed by atoms with Gasteiger partial charge in [-0.15, -0.1) is 0 Å². The molecule has 0 aromatic heterocycles. The Hall–Kier alpha value is -1.02. The van der Waals surface area contributed by atoms with E-state index in [0.717, 1.165) is 18.1 Å². The fourth-order valence-corrected chi connectivity index (χ4v) is 0.707. The standard InChI is InChI=1S/C6H4O.C3H6O/c1-2-4-6-5(3-1)7-6;1-3-2-4-3/h1-4H;3H,2H2,1H3. The molecular weight excluding hydrogens is 140 g/mol. The molecule has 1 aromatic carbocycles. The van der Waals surface area contributed by atoms with Gasteiger partial charge in [0.15, 0.2) is 11.5 Å². The molecule has 2 heteroatoms. The van der Waals surface area contributed by atoms with Crippen LogP contribution in [0.4, 0.5) is 0 Å². The average molecular weight is 150 g/mol. The van der Waals surface area contributed by atoms with Crippen LogP contribution < -0.4 is 4.74 Å². The Kier molecular flexibility index (Phi) is 1.55. The molecule has 58 valence electrons. The molecule has 1 fully saturated rings. The second-order valence-corrected chi connectivity index (χ2v) is 2.69. The van der Waals surface area contributed by atoms with Crippen LogP contribution >= 0.6 is 0 Å². The van der Waals surface area contributed by atoms with E-state index < -0.39 is 0 Å². The zero-order valence-corrected chi connectivity index (χ0v) is 6.41. The molecule has 11 heavy (non-hydrogen) atoms. The molecule has 1 aromatic rings. The maximum atomic E-state index is 4.94. The Morgan fingerprint density at radius 1 is 1.27 bits per heavy atom. The zero-order chi connectivity index (χ0) is 7.68. The SMILES string of the molecule is CC1CO1.c1ccc2c(c1)O2. The molecule has 2 heterocycles. The van der Waals surface area contributed by atoms with Gasteiger partial charge in [0.25, 0.3) is 0 Å². The van der Waals surface area contributed by atoms with Crippen LogP contribution in [0.5, 0.6) is 11.5 Å². The van der Waals surface area contributed by atoms with Gasteiger partial charge in [-0.05, 0) is 19.1 Å². The van der Waals surface area contributed by atoms with Crippen molar-refractivity contribution in [3.63, 3.8) is 0 Å². The van der Waals surface area contributed by atoms with Gasteiger partial charge in [0.2, 0.25) is 0 Å². The van der Waals surface area contributed by atoms with E-state index in [1.165, 1.54) is 0 Å². The first kappa shape index (κ1) is 6.68. The van der Waals surface area contributed by atoms with Crippen molar-refractivity contribution in [1.29, 1.82) is 0 Å². The van der Waals surface area contributed by atoms with Gasteiger partial charge in [-0.2, -0.15) is 0 Å². The van der Waals surface area contributed by atoms with Crippen LogP contribution in [0.2, 0.25) is 0 Å². The number of benzene rings is 1. The Balaban J connectivity index is 0.000000103. The molecular formula is C9H10O2. The molecule has 0 N–H and O–H groups in total. The molecule has 0 aliphatic carbocycles. The van der Waals surface area contributed by atoms with Crippen molar-refractivity contribution >= 4 is 0 Å². The summed E-state index contributed by atoms with van der Waals surface area (Å²) in [5, 5.41) is 0. The fraction of sp³-hybridized carbons (Fsp3) is 0.333. The second kappa shape index (κ2) is 2.55. The summed E-state index contributed by atoms with van der Waals surface area (Å²) in [5.41, 5.74) is 0. The lowest BCUT2D eigenvalue weighted by atomic mass is 10.4. The van der Waals surface area contributed by atoms with Crippen molar-refractivity contribution in [2.45, 2.75) is 13.0 Å². The first-order valence-corrected chi connectivity index (χ1v) is 3.75. The Labute approximate surface area is 65.7 Å². The van der Waals surface area contributed by atoms with Crippen molar-refractivity contribution in [2.75, 3.05) is 6.61 Å². The smallest absolute Gasteiger partial charge is 0.170 e. The minimum Gasteiger partial charge on any atom is -0.450 e. The van der Waals surface area contributed by atoms with E-state index in [2.05, 4.69) is 6.92 Å². The monoisotopic (exact) mass is 150 g/mol. The highest BCUT2D eigenvalue weighted by molar-refractivity contribution is 5.53. The maximum absolute atomic E-state index is 4.94. The lowest BCUT2D eigenvalue weighted by molar-refractivity contribution is 0.423. The zero-order valence-electron chi connectivity index (χ0n) is 6.41. The number of hydrogen-bond acceptors (Lipinski definition) is 2. The van der Waals surface area contributed by atoms with Gasteiger partial charge >= 0.3 is 0 Å². The topological polar surface area (TPSA) is 25.1 Å². The number of fused-ring (bicyclic) bond motifs is 1. The Morgan fingerprint density at radius 2 is 1.73 bits per heavy atom. The van der Waals surface area contributed by atoms with E-state index in [0.29, 0.717) is 6.10 Å². The van der Waals surface area contributed by atoms with Gasteiger partial charge in [-0.1, -0.05) is 12.1 Å². The predicted octanol–water partition coefficient (Wildman–Crippen LogP) is 2.20. The van der Waals surface area contributed by atoms with Gasteiger partial charge < -0.3 is 9.47 Å². The summed E-state index contributed by atoms with van der Waals surface area (Å²) in [6.07, 6.45) is 0.583. The fourth-order valence-electron chi connectivity index (χ4n) is 0.707. The van der Waals surface area contributed by atoms with Crippen molar-refractivity contribution in [1.82, 2.24) is 0 Å². The van der Waals surface area contributed by atoms with Gasteiger partial charge in [-0.25, -0.2) is 0 Å². The molecule has 0 radical (unpaired) electrons. The largest absolute Gasteiger partial charge is 0.450 e. The summed E-state index contributed by atoms with van der Waals surface area (Å²) in [6, 6.07) is 7.84. The van der Waals surface area contributed by atoms with Crippen molar-refractivity contribution in [3.05, 3.63) is 24.3 Å². The summed E-state index contributed by atoms with van der Waals surface area (Å²) < 4.78 is 9.65. The highest BCUT2D eigenvalue weighted by atomic mass is 16.6. The molecule has 2 aliphatic rings. The van der Waals surface area contributed by atoms with Crippen LogP contribution in [0.1, 0.15) is 6.92 Å². The van der Waals surface area contributed by atoms with Crippen LogP contribution in [0, 0.1) is 0 Å². The molecule has 1 atom stereocenters. The third kappa shape index (κ3) is 1.95. The van der Waals surface area contributed by atoms with Crippen LogP contribution in [-0.2, 0) is 4.74 Å². The average Bonchev–Trinajstić information content (AvgIpc) is 2.83. The first-order valence-electron chi connectivity index (χ1n) is 3.75. The van der Waals surface area contributed by atoms with E-state index in [-0.39, 0.29) is 0 Å². The highest BCUT2D eigenvalue weighted by Crippen LogP contribution is 2.43. The molecule has 0 amide bonds. The minimum atomic E-state index is 0.583. The molecule has 1 unspecified atom stereocenters. The van der Waals surface area contributed by atoms with Crippen LogP contribution in [0.25, 0.3) is 0 Å². The van der Waals surface area contributed by atoms with E-state index in [4.69, 9.17) is 9.47 Å². The summed E-state index contributed by atoms with van der Waals surface area (Å²) in [4.78, 5) is 0. The normalized spacial score (nSPS) is 22.1. The van der Waals surface area contributed by atoms with Crippen molar-refractivity contribution < 1.29 is 9.47 Å². The lowest BCUT2D eigenvalue weighted by Gasteiger charge is -1.61. The van der Waals surface area contributed by atoms with E-state index in [9.17, 15) is 0 Å². The number of para-hydroxylation sites is 2. The quantitative estimate of drug-likeness (QED) is 0.538. The predicted molar refractivity (Wildman–Crippen MR) is 41.9 cm³/mol. The molecule has 3 rings (SSSR count). The van der Waals surface area contributed by atoms with Crippen molar-refractivity contribution in [2.24, 2.45) is 0 Å². The Bertz CT molecular complexity index is 232. The van der Waals surface area contributed by atoms with Crippen LogP contribution in [0.15, 0.2) is 24.3 Å². The minimum absolute atomic E-state index is 0.583. The van der Waals surface area contributed by atoms with Gasteiger partial charge in [-0.3, -0.25) is 0 Å². The molecule has 2 aliphatic heterocycles. The Morgan fingerprint density at radius 3 is 2.00 bits per heavy atom. The van der Waals surface area contributed by atoms with E-state index in [1.807, 2.05) is 24.3 Å². The second-order valence-electron chi connectivity index (χ2n) is 2.69.